The van der Waals surface area contributed by atoms with Crippen molar-refractivity contribution in [3.8, 4) is 0 Å². The first-order valence-corrected chi connectivity index (χ1v) is 6.61. The Labute approximate surface area is 114 Å². The zero-order valence-corrected chi connectivity index (χ0v) is 12.1. The Morgan fingerprint density at radius 3 is 2.59 bits per heavy atom. The van der Waals surface area contributed by atoms with E-state index in [1.165, 1.54) is 0 Å². The second-order valence-corrected chi connectivity index (χ2v) is 5.33. The van der Waals surface area contributed by atoms with Crippen LogP contribution in [0.2, 0.25) is 10.0 Å². The maximum atomic E-state index is 6.09. The quantitative estimate of drug-likeness (QED) is 0.800. The van der Waals surface area contributed by atoms with Crippen molar-refractivity contribution in [2.75, 3.05) is 20.1 Å². The van der Waals surface area contributed by atoms with Gasteiger partial charge in [0.2, 0.25) is 0 Å². The maximum absolute atomic E-state index is 6.09. The molecule has 0 fully saturated rings. The first kappa shape index (κ1) is 14.8. The van der Waals surface area contributed by atoms with E-state index in [2.05, 4.69) is 31.1 Å². The highest BCUT2D eigenvalue weighted by molar-refractivity contribution is 6.35. The van der Waals surface area contributed by atoms with E-state index in [-0.39, 0.29) is 0 Å². The summed E-state index contributed by atoms with van der Waals surface area (Å²) in [4.78, 5) is 2.30. The number of nitrogens with zero attached hydrogens (tertiary/aromatic N) is 1. The molecule has 0 heterocycles. The minimum atomic E-state index is 0.580. The van der Waals surface area contributed by atoms with Crippen molar-refractivity contribution >= 4 is 23.2 Å². The summed E-state index contributed by atoms with van der Waals surface area (Å²) in [6.07, 6.45) is 0. The van der Waals surface area contributed by atoms with E-state index < -0.39 is 0 Å². The molecule has 1 aromatic rings. The molecule has 0 unspecified atom stereocenters. The lowest BCUT2D eigenvalue weighted by Crippen LogP contribution is -2.33. The molecule has 0 aliphatic rings. The molecule has 17 heavy (non-hydrogen) atoms. The minimum Gasteiger partial charge on any atom is -0.311 e. The molecule has 1 aromatic carbocycles. The molecule has 2 nitrogen and oxygen atoms in total. The standard InChI is InChI=1S/C13H20Cl2N2/c1-10(2)17(3)7-6-16-9-11-4-5-12(14)8-13(11)15/h4-5,8,10,16H,6-7,9H2,1-3H3. The van der Waals surface area contributed by atoms with Crippen LogP contribution in [0.1, 0.15) is 19.4 Å². The normalized spacial score (nSPS) is 11.5. The van der Waals surface area contributed by atoms with Crippen LogP contribution in [-0.4, -0.2) is 31.1 Å². The van der Waals surface area contributed by atoms with Crippen LogP contribution in [0.15, 0.2) is 18.2 Å². The molecule has 96 valence electrons. The molecule has 0 bridgehead atoms. The zero-order chi connectivity index (χ0) is 12.8. The topological polar surface area (TPSA) is 15.3 Å². The van der Waals surface area contributed by atoms with Gasteiger partial charge in [0.05, 0.1) is 0 Å². The van der Waals surface area contributed by atoms with Crippen molar-refractivity contribution in [3.05, 3.63) is 33.8 Å². The Kier molecular flexibility index (Phi) is 6.28. The third-order valence-electron chi connectivity index (χ3n) is 2.85. The van der Waals surface area contributed by atoms with Crippen molar-refractivity contribution < 1.29 is 0 Å². The average Bonchev–Trinajstić information content (AvgIpc) is 2.26. The predicted octanol–water partition coefficient (Wildman–Crippen LogP) is 3.42. The van der Waals surface area contributed by atoms with E-state index >= 15 is 0 Å². The summed E-state index contributed by atoms with van der Waals surface area (Å²) in [5.41, 5.74) is 1.09. The number of hydrogen-bond acceptors (Lipinski definition) is 2. The Morgan fingerprint density at radius 1 is 1.29 bits per heavy atom. The molecule has 0 saturated heterocycles. The molecule has 0 radical (unpaired) electrons. The highest BCUT2D eigenvalue weighted by Gasteiger charge is 2.03. The first-order chi connectivity index (χ1) is 8.00. The van der Waals surface area contributed by atoms with E-state index in [4.69, 9.17) is 23.2 Å². The highest BCUT2D eigenvalue weighted by atomic mass is 35.5. The van der Waals surface area contributed by atoms with E-state index in [9.17, 15) is 0 Å². The SMILES string of the molecule is CC(C)N(C)CCNCc1ccc(Cl)cc1Cl. The third kappa shape index (κ3) is 5.26. The molecule has 0 atom stereocenters. The molecule has 1 N–H and O–H groups in total. The van der Waals surface area contributed by atoms with Crippen molar-refractivity contribution in [2.24, 2.45) is 0 Å². The van der Waals surface area contributed by atoms with E-state index in [1.54, 1.807) is 6.07 Å². The molecule has 0 saturated carbocycles. The lowest BCUT2D eigenvalue weighted by molar-refractivity contribution is 0.273. The van der Waals surface area contributed by atoms with Gasteiger partial charge in [-0.25, -0.2) is 0 Å². The van der Waals surface area contributed by atoms with Gasteiger partial charge in [0.1, 0.15) is 0 Å². The Hall–Kier alpha value is -0.280. The second kappa shape index (κ2) is 7.22. The largest absolute Gasteiger partial charge is 0.311 e. The fourth-order valence-corrected chi connectivity index (χ4v) is 1.88. The van der Waals surface area contributed by atoms with Gasteiger partial charge in [-0.2, -0.15) is 0 Å². The van der Waals surface area contributed by atoms with Crippen LogP contribution in [0.4, 0.5) is 0 Å². The summed E-state index contributed by atoms with van der Waals surface area (Å²) < 4.78 is 0. The molecule has 0 aliphatic carbocycles. The van der Waals surface area contributed by atoms with Gasteiger partial charge in [-0.1, -0.05) is 29.3 Å². The summed E-state index contributed by atoms with van der Waals surface area (Å²) in [7, 11) is 2.13. The number of rotatable bonds is 6. The van der Waals surface area contributed by atoms with Gasteiger partial charge < -0.3 is 10.2 Å². The number of nitrogens with one attached hydrogen (secondary N) is 1. The highest BCUT2D eigenvalue weighted by Crippen LogP contribution is 2.20. The number of hydrogen-bond donors (Lipinski definition) is 1. The zero-order valence-electron chi connectivity index (χ0n) is 10.6. The van der Waals surface area contributed by atoms with Gasteiger partial charge in [-0.15, -0.1) is 0 Å². The Morgan fingerprint density at radius 2 is 2.00 bits per heavy atom. The van der Waals surface area contributed by atoms with Crippen LogP contribution in [0.25, 0.3) is 0 Å². The molecular formula is C13H20Cl2N2. The van der Waals surface area contributed by atoms with Gasteiger partial charge in [0.25, 0.3) is 0 Å². The molecule has 0 spiro atoms. The van der Waals surface area contributed by atoms with Crippen LogP contribution in [0.5, 0.6) is 0 Å². The summed E-state index contributed by atoms with van der Waals surface area (Å²) >= 11 is 11.9. The molecule has 0 aliphatic heterocycles. The number of halogens is 2. The lowest BCUT2D eigenvalue weighted by Gasteiger charge is -2.21. The summed E-state index contributed by atoms with van der Waals surface area (Å²) in [6, 6.07) is 6.19. The van der Waals surface area contributed by atoms with Gasteiger partial charge in [-0.3, -0.25) is 0 Å². The van der Waals surface area contributed by atoms with Crippen molar-refractivity contribution in [3.63, 3.8) is 0 Å². The summed E-state index contributed by atoms with van der Waals surface area (Å²) in [5, 5.41) is 4.78. The number of benzene rings is 1. The minimum absolute atomic E-state index is 0.580. The summed E-state index contributed by atoms with van der Waals surface area (Å²) in [6.45, 7) is 7.14. The molecule has 1 rings (SSSR count). The van der Waals surface area contributed by atoms with Crippen molar-refractivity contribution in [1.29, 1.82) is 0 Å². The maximum Gasteiger partial charge on any atom is 0.0465 e. The fraction of sp³-hybridized carbons (Fsp3) is 0.538. The third-order valence-corrected chi connectivity index (χ3v) is 3.44. The fourth-order valence-electron chi connectivity index (χ4n) is 1.40. The molecule has 4 heteroatoms. The van der Waals surface area contributed by atoms with Gasteiger partial charge >= 0.3 is 0 Å². The van der Waals surface area contributed by atoms with Crippen LogP contribution >= 0.6 is 23.2 Å². The number of likely N-dealkylation sites (N-methyl/N-ethyl adjacent to an activating group) is 1. The monoisotopic (exact) mass is 274 g/mol. The lowest BCUT2D eigenvalue weighted by atomic mass is 10.2. The van der Waals surface area contributed by atoms with Crippen molar-refractivity contribution in [2.45, 2.75) is 26.4 Å². The van der Waals surface area contributed by atoms with Crippen molar-refractivity contribution in [1.82, 2.24) is 10.2 Å². The average molecular weight is 275 g/mol. The molecule has 0 amide bonds. The van der Waals surface area contributed by atoms with E-state index in [1.807, 2.05) is 12.1 Å². The Balaban J connectivity index is 2.31. The van der Waals surface area contributed by atoms with Crippen LogP contribution in [0.3, 0.4) is 0 Å². The predicted molar refractivity (Wildman–Crippen MR) is 75.9 cm³/mol. The van der Waals surface area contributed by atoms with Crippen LogP contribution < -0.4 is 5.32 Å². The first-order valence-electron chi connectivity index (χ1n) is 5.85. The van der Waals surface area contributed by atoms with Crippen LogP contribution in [-0.2, 0) is 6.54 Å². The Bertz CT molecular complexity index is 353. The van der Waals surface area contributed by atoms with E-state index in [0.29, 0.717) is 11.1 Å². The molecular weight excluding hydrogens is 255 g/mol. The second-order valence-electron chi connectivity index (χ2n) is 4.49. The van der Waals surface area contributed by atoms with Gasteiger partial charge in [-0.05, 0) is 38.6 Å². The van der Waals surface area contributed by atoms with Crippen LogP contribution in [0, 0.1) is 0 Å². The smallest absolute Gasteiger partial charge is 0.0465 e. The van der Waals surface area contributed by atoms with E-state index in [0.717, 1.165) is 30.2 Å². The summed E-state index contributed by atoms with van der Waals surface area (Å²) in [5.74, 6) is 0. The van der Waals surface area contributed by atoms with Gasteiger partial charge in [0, 0.05) is 35.7 Å². The molecule has 0 aromatic heterocycles. The van der Waals surface area contributed by atoms with Gasteiger partial charge in [0.15, 0.2) is 0 Å².